The molecule has 1 nitrogen and oxygen atoms in total. The van der Waals surface area contributed by atoms with Crippen LogP contribution in [0.1, 0.15) is 87.5 Å². The summed E-state index contributed by atoms with van der Waals surface area (Å²) in [6.07, 6.45) is 2.09. The Kier molecular flexibility index (Phi) is 7.57. The fourth-order valence-electron chi connectivity index (χ4n) is 4.69. The van der Waals surface area contributed by atoms with Gasteiger partial charge in [0.15, 0.2) is 0 Å². The molecular weight excluding hydrogens is 459 g/mol. The molecule has 0 saturated carbocycles. The number of nitrogens with zero attached hydrogens (tertiary/aromatic N) is 1. The molecule has 0 amide bonds. The van der Waals surface area contributed by atoms with Crippen LogP contribution < -0.4 is 0 Å². The third kappa shape index (κ3) is 5.50. The van der Waals surface area contributed by atoms with Gasteiger partial charge in [0.25, 0.3) is 0 Å². The molecule has 4 rings (SSSR count). The lowest BCUT2D eigenvalue weighted by Gasteiger charge is -2.15. The molecule has 2 unspecified atom stereocenters. The number of benzene rings is 1. The van der Waals surface area contributed by atoms with Crippen LogP contribution in [0.4, 0.5) is 0 Å². The van der Waals surface area contributed by atoms with Gasteiger partial charge in [-0.2, -0.15) is 0 Å². The number of thiazole rings is 1. The first-order valence-corrected chi connectivity index (χ1v) is 14.5. The normalized spacial score (nSPS) is 13.6. The maximum absolute atomic E-state index is 4.91. The Morgan fingerprint density at radius 3 is 2.33 bits per heavy atom. The third-order valence-electron chi connectivity index (χ3n) is 6.41. The van der Waals surface area contributed by atoms with Crippen LogP contribution in [0.25, 0.3) is 11.1 Å². The van der Waals surface area contributed by atoms with Crippen LogP contribution >= 0.6 is 34.0 Å². The molecule has 0 N–H and O–H groups in total. The van der Waals surface area contributed by atoms with E-state index in [2.05, 4.69) is 89.6 Å². The number of aryl methyl sites for hydroxylation is 3. The van der Waals surface area contributed by atoms with E-state index in [0.717, 1.165) is 12.8 Å². The van der Waals surface area contributed by atoms with Crippen LogP contribution in [-0.4, -0.2) is 4.98 Å². The molecular formula is C29H35NS3. The van der Waals surface area contributed by atoms with E-state index >= 15 is 0 Å². The lowest BCUT2D eigenvalue weighted by Crippen LogP contribution is -2.00. The van der Waals surface area contributed by atoms with Crippen LogP contribution in [0.15, 0.2) is 41.1 Å². The van der Waals surface area contributed by atoms with Crippen LogP contribution in [0.2, 0.25) is 0 Å². The fraction of sp³-hybridized carbons (Fsp3) is 0.414. The van der Waals surface area contributed by atoms with Gasteiger partial charge < -0.3 is 0 Å². The van der Waals surface area contributed by atoms with Gasteiger partial charge in [-0.05, 0) is 89.6 Å². The first-order valence-electron chi connectivity index (χ1n) is 11.9. The van der Waals surface area contributed by atoms with Gasteiger partial charge in [-0.1, -0.05) is 52.0 Å². The van der Waals surface area contributed by atoms with Gasteiger partial charge in [0.05, 0.1) is 10.7 Å². The van der Waals surface area contributed by atoms with Crippen molar-refractivity contribution in [3.05, 3.63) is 83.1 Å². The van der Waals surface area contributed by atoms with E-state index in [9.17, 15) is 0 Å². The molecule has 0 spiro atoms. The number of rotatable bonds is 8. The maximum Gasteiger partial charge on any atom is 0.0937 e. The van der Waals surface area contributed by atoms with Crippen LogP contribution in [-0.2, 0) is 12.8 Å². The Hall–Kier alpha value is -1.75. The van der Waals surface area contributed by atoms with E-state index in [1.54, 1.807) is 0 Å². The third-order valence-corrected chi connectivity index (χ3v) is 10.1. The van der Waals surface area contributed by atoms with E-state index in [4.69, 9.17) is 4.98 Å². The molecule has 33 heavy (non-hydrogen) atoms. The summed E-state index contributed by atoms with van der Waals surface area (Å²) in [6.45, 7) is 15.9. The summed E-state index contributed by atoms with van der Waals surface area (Å²) in [5.41, 5.74) is 8.27. The highest BCUT2D eigenvalue weighted by molar-refractivity contribution is 7.12. The van der Waals surface area contributed by atoms with Crippen molar-refractivity contribution in [1.29, 1.82) is 0 Å². The highest BCUT2D eigenvalue weighted by Gasteiger charge is 2.20. The van der Waals surface area contributed by atoms with Crippen molar-refractivity contribution in [3.8, 4) is 11.1 Å². The van der Waals surface area contributed by atoms with Crippen molar-refractivity contribution in [2.45, 2.75) is 79.1 Å². The molecule has 1 aromatic carbocycles. The van der Waals surface area contributed by atoms with E-state index in [0.29, 0.717) is 17.8 Å². The van der Waals surface area contributed by atoms with Gasteiger partial charge in [-0.15, -0.1) is 34.0 Å². The SMILES string of the molecule is Cc1csc(C(C)Cc2cccc(-c3c(C(C)Cc4nc(C)c(C(C)C)s4)csc3C)c2)c1. The lowest BCUT2D eigenvalue weighted by atomic mass is 9.90. The second-order valence-corrected chi connectivity index (χ2v) is 12.9. The van der Waals surface area contributed by atoms with E-state index in [-0.39, 0.29) is 0 Å². The predicted octanol–water partition coefficient (Wildman–Crippen LogP) is 9.67. The second kappa shape index (κ2) is 10.2. The zero-order valence-corrected chi connectivity index (χ0v) is 23.3. The van der Waals surface area contributed by atoms with E-state index in [1.807, 2.05) is 34.0 Å². The van der Waals surface area contributed by atoms with Crippen molar-refractivity contribution in [1.82, 2.24) is 4.98 Å². The Labute approximate surface area is 211 Å². The maximum atomic E-state index is 4.91. The molecule has 0 saturated heterocycles. The lowest BCUT2D eigenvalue weighted by molar-refractivity contribution is 0.756. The zero-order chi connectivity index (χ0) is 23.7. The summed E-state index contributed by atoms with van der Waals surface area (Å²) in [4.78, 5) is 9.23. The van der Waals surface area contributed by atoms with E-state index in [1.165, 1.54) is 53.2 Å². The minimum Gasteiger partial charge on any atom is -0.246 e. The molecule has 0 aliphatic heterocycles. The summed E-state index contributed by atoms with van der Waals surface area (Å²) in [7, 11) is 0. The molecule has 4 aromatic rings. The van der Waals surface area contributed by atoms with Gasteiger partial charge in [0, 0.05) is 21.1 Å². The van der Waals surface area contributed by atoms with Gasteiger partial charge in [0.2, 0.25) is 0 Å². The molecule has 4 heteroatoms. The quantitative estimate of drug-likeness (QED) is 0.238. The summed E-state index contributed by atoms with van der Waals surface area (Å²) >= 11 is 5.67. The molecule has 2 atom stereocenters. The van der Waals surface area contributed by atoms with Crippen molar-refractivity contribution < 1.29 is 0 Å². The Balaban J connectivity index is 1.57. The summed E-state index contributed by atoms with van der Waals surface area (Å²) in [5, 5.41) is 5.91. The molecule has 3 heterocycles. The smallest absolute Gasteiger partial charge is 0.0937 e. The van der Waals surface area contributed by atoms with Gasteiger partial charge in [-0.25, -0.2) is 4.98 Å². The molecule has 0 radical (unpaired) electrons. The number of hydrogen-bond donors (Lipinski definition) is 0. The van der Waals surface area contributed by atoms with Crippen molar-refractivity contribution in [2.24, 2.45) is 0 Å². The average molecular weight is 494 g/mol. The molecule has 3 aromatic heterocycles. The molecule has 0 aliphatic rings. The van der Waals surface area contributed by atoms with Gasteiger partial charge >= 0.3 is 0 Å². The standard InChI is InChI=1S/C29H35NS3/c1-17(2)29-21(6)30-27(33-29)13-19(4)25-16-31-22(7)28(25)24-10-8-9-23(14-24)12-20(5)26-11-18(3)15-32-26/h8-11,14-17,19-20H,12-13H2,1-7H3. The van der Waals surface area contributed by atoms with Gasteiger partial charge in [-0.3, -0.25) is 0 Å². The van der Waals surface area contributed by atoms with Gasteiger partial charge in [0.1, 0.15) is 0 Å². The van der Waals surface area contributed by atoms with Crippen molar-refractivity contribution in [3.63, 3.8) is 0 Å². The average Bonchev–Trinajstić information content (AvgIpc) is 3.46. The highest BCUT2D eigenvalue weighted by atomic mass is 32.1. The molecule has 0 bridgehead atoms. The van der Waals surface area contributed by atoms with Crippen molar-refractivity contribution >= 4 is 34.0 Å². The zero-order valence-electron chi connectivity index (χ0n) is 20.9. The Bertz CT molecular complexity index is 1220. The largest absolute Gasteiger partial charge is 0.246 e. The monoisotopic (exact) mass is 493 g/mol. The van der Waals surface area contributed by atoms with Crippen LogP contribution in [0.3, 0.4) is 0 Å². The van der Waals surface area contributed by atoms with Crippen LogP contribution in [0, 0.1) is 20.8 Å². The summed E-state index contributed by atoms with van der Waals surface area (Å²) in [6, 6.07) is 11.6. The van der Waals surface area contributed by atoms with E-state index < -0.39 is 0 Å². The predicted molar refractivity (Wildman–Crippen MR) is 149 cm³/mol. The number of aromatic nitrogens is 1. The minimum atomic E-state index is 0.451. The summed E-state index contributed by atoms with van der Waals surface area (Å²) in [5.74, 6) is 1.55. The van der Waals surface area contributed by atoms with Crippen molar-refractivity contribution in [2.75, 3.05) is 0 Å². The minimum absolute atomic E-state index is 0.451. The molecule has 174 valence electrons. The summed E-state index contributed by atoms with van der Waals surface area (Å²) < 4.78 is 0. The first kappa shape index (κ1) is 24.4. The topological polar surface area (TPSA) is 12.9 Å². The number of hydrogen-bond acceptors (Lipinski definition) is 4. The molecule has 0 fully saturated rings. The Morgan fingerprint density at radius 1 is 0.879 bits per heavy atom. The first-order chi connectivity index (χ1) is 15.7. The molecule has 0 aliphatic carbocycles. The second-order valence-electron chi connectivity index (χ2n) is 9.77. The van der Waals surface area contributed by atoms with Crippen LogP contribution in [0.5, 0.6) is 0 Å². The number of thiophene rings is 2. The Morgan fingerprint density at radius 2 is 1.67 bits per heavy atom. The fourth-order valence-corrected chi connectivity index (χ4v) is 7.85. The highest BCUT2D eigenvalue weighted by Crippen LogP contribution is 2.39.